The Morgan fingerprint density at radius 2 is 2.18 bits per heavy atom. The first-order valence-corrected chi connectivity index (χ1v) is 3.81. The van der Waals surface area contributed by atoms with E-state index in [0.717, 1.165) is 13.1 Å². The van der Waals surface area contributed by atoms with Gasteiger partial charge in [0.1, 0.15) is 0 Å². The molecular weight excluding hydrogens is 142 g/mol. The summed E-state index contributed by atoms with van der Waals surface area (Å²) in [6, 6.07) is -0.496. The third-order valence-electron chi connectivity index (χ3n) is 1.73. The molecule has 11 heavy (non-hydrogen) atoms. The van der Waals surface area contributed by atoms with E-state index in [2.05, 4.69) is 11.8 Å². The molecule has 0 aliphatic rings. The number of nitrogens with zero attached hydrogens (tertiary/aromatic N) is 1. The quantitative estimate of drug-likeness (QED) is 0.548. The van der Waals surface area contributed by atoms with Crippen molar-refractivity contribution in [2.45, 2.75) is 19.4 Å². The van der Waals surface area contributed by atoms with Gasteiger partial charge in [-0.2, -0.15) is 0 Å². The van der Waals surface area contributed by atoms with Gasteiger partial charge in [0.05, 0.1) is 6.04 Å². The fourth-order valence-corrected chi connectivity index (χ4v) is 0.660. The molecule has 0 heterocycles. The SMILES string of the molecule is CCN(C)CCC(N)C(N)=O. The van der Waals surface area contributed by atoms with Crippen molar-refractivity contribution in [1.82, 2.24) is 4.90 Å². The molecule has 0 aromatic rings. The third-order valence-corrected chi connectivity index (χ3v) is 1.73. The molecule has 0 rings (SSSR count). The zero-order valence-electron chi connectivity index (χ0n) is 7.21. The molecule has 0 aromatic heterocycles. The van der Waals surface area contributed by atoms with E-state index < -0.39 is 11.9 Å². The van der Waals surface area contributed by atoms with Crippen molar-refractivity contribution in [3.63, 3.8) is 0 Å². The van der Waals surface area contributed by atoms with E-state index in [4.69, 9.17) is 11.5 Å². The van der Waals surface area contributed by atoms with E-state index >= 15 is 0 Å². The minimum atomic E-state index is -0.496. The van der Waals surface area contributed by atoms with Crippen molar-refractivity contribution in [3.05, 3.63) is 0 Å². The number of amides is 1. The van der Waals surface area contributed by atoms with Crippen LogP contribution in [0.4, 0.5) is 0 Å². The van der Waals surface area contributed by atoms with Gasteiger partial charge in [0.25, 0.3) is 0 Å². The van der Waals surface area contributed by atoms with Gasteiger partial charge < -0.3 is 16.4 Å². The van der Waals surface area contributed by atoms with Crippen LogP contribution in [-0.4, -0.2) is 37.0 Å². The van der Waals surface area contributed by atoms with Crippen LogP contribution < -0.4 is 11.5 Å². The molecule has 1 atom stereocenters. The summed E-state index contributed by atoms with van der Waals surface area (Å²) < 4.78 is 0. The lowest BCUT2D eigenvalue weighted by atomic mass is 10.2. The Kier molecular flexibility index (Phi) is 4.81. The summed E-state index contributed by atoms with van der Waals surface area (Å²) in [5.41, 5.74) is 10.4. The number of carbonyl (C=O) groups is 1. The number of nitrogens with two attached hydrogens (primary N) is 2. The first kappa shape index (κ1) is 10.4. The topological polar surface area (TPSA) is 72.3 Å². The average molecular weight is 159 g/mol. The standard InChI is InChI=1S/C7H17N3O/c1-3-10(2)5-4-6(8)7(9)11/h6H,3-5,8H2,1-2H3,(H2,9,11). The van der Waals surface area contributed by atoms with Crippen LogP contribution in [0.15, 0.2) is 0 Å². The van der Waals surface area contributed by atoms with Crippen LogP contribution in [0.25, 0.3) is 0 Å². The third kappa shape index (κ3) is 4.75. The molecular formula is C7H17N3O. The predicted octanol–water partition coefficient (Wildman–Crippen LogP) is -0.859. The van der Waals surface area contributed by atoms with E-state index in [1.54, 1.807) is 0 Å². The lowest BCUT2D eigenvalue weighted by Gasteiger charge is -2.15. The molecule has 0 radical (unpaired) electrons. The Morgan fingerprint density at radius 1 is 1.64 bits per heavy atom. The maximum atomic E-state index is 10.5. The Labute approximate surface area is 67.5 Å². The van der Waals surface area contributed by atoms with E-state index in [9.17, 15) is 4.79 Å². The molecule has 0 aliphatic carbocycles. The zero-order valence-corrected chi connectivity index (χ0v) is 7.21. The van der Waals surface area contributed by atoms with Crippen LogP contribution >= 0.6 is 0 Å². The van der Waals surface area contributed by atoms with Crippen molar-refractivity contribution in [2.75, 3.05) is 20.1 Å². The lowest BCUT2D eigenvalue weighted by Crippen LogP contribution is -2.39. The summed E-state index contributed by atoms with van der Waals surface area (Å²) >= 11 is 0. The van der Waals surface area contributed by atoms with E-state index in [0.29, 0.717) is 6.42 Å². The predicted molar refractivity (Wildman–Crippen MR) is 45.0 cm³/mol. The van der Waals surface area contributed by atoms with Crippen LogP contribution in [0, 0.1) is 0 Å². The first-order chi connectivity index (χ1) is 5.07. The lowest BCUT2D eigenvalue weighted by molar-refractivity contribution is -0.119. The Balaban J connectivity index is 3.45. The van der Waals surface area contributed by atoms with Crippen LogP contribution in [0.2, 0.25) is 0 Å². The largest absolute Gasteiger partial charge is 0.368 e. The van der Waals surface area contributed by atoms with Crippen LogP contribution in [0.1, 0.15) is 13.3 Å². The van der Waals surface area contributed by atoms with Gasteiger partial charge in [0, 0.05) is 0 Å². The number of rotatable bonds is 5. The van der Waals surface area contributed by atoms with Gasteiger partial charge in [-0.25, -0.2) is 0 Å². The first-order valence-electron chi connectivity index (χ1n) is 3.81. The average Bonchev–Trinajstić information content (AvgIpc) is 1.99. The molecule has 66 valence electrons. The van der Waals surface area contributed by atoms with Crippen molar-refractivity contribution in [1.29, 1.82) is 0 Å². The molecule has 0 aliphatic heterocycles. The molecule has 4 heteroatoms. The van der Waals surface area contributed by atoms with Crippen LogP contribution in [0.5, 0.6) is 0 Å². The number of primary amides is 1. The fourth-order valence-electron chi connectivity index (χ4n) is 0.660. The molecule has 1 amide bonds. The minimum absolute atomic E-state index is 0.422. The Morgan fingerprint density at radius 3 is 2.55 bits per heavy atom. The molecule has 4 N–H and O–H groups in total. The molecule has 4 nitrogen and oxygen atoms in total. The van der Waals surface area contributed by atoms with Crippen molar-refractivity contribution >= 4 is 5.91 Å². The van der Waals surface area contributed by atoms with Crippen LogP contribution in [0.3, 0.4) is 0 Å². The smallest absolute Gasteiger partial charge is 0.234 e. The Hall–Kier alpha value is -0.610. The second-order valence-corrected chi connectivity index (χ2v) is 2.69. The summed E-state index contributed by atoms with van der Waals surface area (Å²) in [5, 5.41) is 0. The van der Waals surface area contributed by atoms with Gasteiger partial charge in [-0.15, -0.1) is 0 Å². The van der Waals surface area contributed by atoms with Crippen molar-refractivity contribution in [3.8, 4) is 0 Å². The zero-order chi connectivity index (χ0) is 8.85. The van der Waals surface area contributed by atoms with Gasteiger partial charge in [-0.05, 0) is 26.6 Å². The van der Waals surface area contributed by atoms with Gasteiger partial charge in [0.15, 0.2) is 0 Å². The Bertz CT molecular complexity index is 127. The van der Waals surface area contributed by atoms with Crippen LogP contribution in [-0.2, 0) is 4.79 Å². The second-order valence-electron chi connectivity index (χ2n) is 2.69. The molecule has 0 spiro atoms. The monoisotopic (exact) mass is 159 g/mol. The van der Waals surface area contributed by atoms with E-state index in [-0.39, 0.29) is 0 Å². The molecule has 1 unspecified atom stereocenters. The number of hydrogen-bond donors (Lipinski definition) is 2. The second kappa shape index (κ2) is 5.09. The number of carbonyl (C=O) groups excluding carboxylic acids is 1. The van der Waals surface area contributed by atoms with Gasteiger partial charge in [-0.3, -0.25) is 4.79 Å². The summed E-state index contributed by atoms with van der Waals surface area (Å²) in [4.78, 5) is 12.6. The van der Waals surface area contributed by atoms with Gasteiger partial charge in [0.2, 0.25) is 5.91 Å². The van der Waals surface area contributed by atoms with Crippen molar-refractivity contribution in [2.24, 2.45) is 11.5 Å². The minimum Gasteiger partial charge on any atom is -0.368 e. The highest BCUT2D eigenvalue weighted by molar-refractivity contribution is 5.79. The van der Waals surface area contributed by atoms with E-state index in [1.165, 1.54) is 0 Å². The molecule has 0 fully saturated rings. The molecule has 0 saturated heterocycles. The van der Waals surface area contributed by atoms with E-state index in [1.807, 2.05) is 7.05 Å². The van der Waals surface area contributed by atoms with Gasteiger partial charge in [-0.1, -0.05) is 6.92 Å². The maximum Gasteiger partial charge on any atom is 0.234 e. The van der Waals surface area contributed by atoms with Gasteiger partial charge >= 0.3 is 0 Å². The summed E-state index contributed by atoms with van der Waals surface area (Å²) in [5.74, 6) is -0.422. The maximum absolute atomic E-state index is 10.5. The highest BCUT2D eigenvalue weighted by Gasteiger charge is 2.08. The number of hydrogen-bond acceptors (Lipinski definition) is 3. The summed E-state index contributed by atoms with van der Waals surface area (Å²) in [6.07, 6.45) is 0.639. The van der Waals surface area contributed by atoms with Crippen molar-refractivity contribution < 1.29 is 4.79 Å². The fraction of sp³-hybridized carbons (Fsp3) is 0.857. The summed E-state index contributed by atoms with van der Waals surface area (Å²) in [6.45, 7) is 3.84. The molecule has 0 saturated carbocycles. The highest BCUT2D eigenvalue weighted by Crippen LogP contribution is 1.90. The summed E-state index contributed by atoms with van der Waals surface area (Å²) in [7, 11) is 1.98. The highest BCUT2D eigenvalue weighted by atomic mass is 16.1. The normalized spacial score (nSPS) is 13.5. The molecule has 0 bridgehead atoms. The molecule has 0 aromatic carbocycles.